The zero-order chi connectivity index (χ0) is 12.1. The van der Waals surface area contributed by atoms with Crippen molar-refractivity contribution >= 4 is 11.9 Å². The van der Waals surface area contributed by atoms with Gasteiger partial charge in [-0.2, -0.15) is 0 Å². The topological polar surface area (TPSA) is 60.9 Å². The fourth-order valence-electron chi connectivity index (χ4n) is 2.14. The molecule has 0 aliphatic heterocycles. The van der Waals surface area contributed by atoms with Crippen LogP contribution in [0.2, 0.25) is 0 Å². The Labute approximate surface area is 96.0 Å². The average Bonchev–Trinajstić information content (AvgIpc) is 2.64. The van der Waals surface area contributed by atoms with Crippen molar-refractivity contribution in [2.45, 2.75) is 31.7 Å². The van der Waals surface area contributed by atoms with E-state index >= 15 is 0 Å². The molecule has 92 valence electrons. The Morgan fingerprint density at radius 3 is 2.19 bits per heavy atom. The molecule has 0 unspecified atom stereocenters. The molecule has 1 fully saturated rings. The molecule has 1 aliphatic carbocycles. The largest absolute Gasteiger partial charge is 0.480 e. The van der Waals surface area contributed by atoms with Gasteiger partial charge in [0.2, 0.25) is 5.91 Å². The highest BCUT2D eigenvalue weighted by atomic mass is 16.4. The first-order valence-corrected chi connectivity index (χ1v) is 5.66. The number of aliphatic carboxylic acids is 1. The van der Waals surface area contributed by atoms with Gasteiger partial charge in [0, 0.05) is 6.04 Å². The van der Waals surface area contributed by atoms with Crippen LogP contribution in [-0.2, 0) is 9.59 Å². The second kappa shape index (κ2) is 5.84. The molecule has 5 heteroatoms. The Morgan fingerprint density at radius 2 is 1.75 bits per heavy atom. The van der Waals surface area contributed by atoms with Crippen LogP contribution in [0.15, 0.2) is 0 Å². The lowest BCUT2D eigenvalue weighted by Crippen LogP contribution is -2.45. The summed E-state index contributed by atoms with van der Waals surface area (Å²) in [5, 5.41) is 8.82. The van der Waals surface area contributed by atoms with Crippen molar-refractivity contribution in [3.63, 3.8) is 0 Å². The number of carboxylic acid groups (broad SMARTS) is 1. The lowest BCUT2D eigenvalue weighted by Gasteiger charge is -2.28. The minimum atomic E-state index is -0.931. The van der Waals surface area contributed by atoms with Gasteiger partial charge in [0.15, 0.2) is 0 Å². The summed E-state index contributed by atoms with van der Waals surface area (Å²) in [6.07, 6.45) is 4.06. The van der Waals surface area contributed by atoms with E-state index in [1.807, 2.05) is 14.1 Å². The van der Waals surface area contributed by atoms with Gasteiger partial charge in [-0.3, -0.25) is 9.59 Å². The van der Waals surface area contributed by atoms with Gasteiger partial charge < -0.3 is 14.9 Å². The van der Waals surface area contributed by atoms with Gasteiger partial charge in [-0.25, -0.2) is 0 Å². The van der Waals surface area contributed by atoms with Crippen molar-refractivity contribution in [2.24, 2.45) is 0 Å². The number of hydrogen-bond donors (Lipinski definition) is 1. The molecule has 0 aromatic heterocycles. The first-order valence-electron chi connectivity index (χ1n) is 5.66. The van der Waals surface area contributed by atoms with Crippen LogP contribution in [0.4, 0.5) is 0 Å². The van der Waals surface area contributed by atoms with Gasteiger partial charge >= 0.3 is 5.97 Å². The molecule has 0 spiro atoms. The van der Waals surface area contributed by atoms with Gasteiger partial charge in [-0.1, -0.05) is 12.8 Å². The average molecular weight is 228 g/mol. The SMILES string of the molecule is CN(C)CC(=O)N(CC(=O)O)C1CCCC1. The molecule has 0 saturated heterocycles. The summed E-state index contributed by atoms with van der Waals surface area (Å²) in [6.45, 7) is 0.112. The summed E-state index contributed by atoms with van der Waals surface area (Å²) < 4.78 is 0. The first kappa shape index (κ1) is 13.0. The molecule has 0 aromatic rings. The summed E-state index contributed by atoms with van der Waals surface area (Å²) >= 11 is 0. The first-order chi connectivity index (χ1) is 7.50. The Morgan fingerprint density at radius 1 is 1.19 bits per heavy atom. The monoisotopic (exact) mass is 228 g/mol. The maximum absolute atomic E-state index is 11.9. The third kappa shape index (κ3) is 3.81. The molecule has 16 heavy (non-hydrogen) atoms. The van der Waals surface area contributed by atoms with Crippen LogP contribution in [0.3, 0.4) is 0 Å². The quantitative estimate of drug-likeness (QED) is 0.740. The maximum Gasteiger partial charge on any atom is 0.323 e. The van der Waals surface area contributed by atoms with Gasteiger partial charge in [0.05, 0.1) is 6.54 Å². The molecule has 5 nitrogen and oxygen atoms in total. The summed E-state index contributed by atoms with van der Waals surface area (Å²) in [4.78, 5) is 25.9. The van der Waals surface area contributed by atoms with E-state index in [9.17, 15) is 9.59 Å². The minimum absolute atomic E-state index is 0.0840. The number of rotatable bonds is 5. The fraction of sp³-hybridized carbons (Fsp3) is 0.818. The second-order valence-electron chi connectivity index (χ2n) is 4.59. The van der Waals surface area contributed by atoms with Gasteiger partial charge in [-0.05, 0) is 26.9 Å². The number of amides is 1. The van der Waals surface area contributed by atoms with E-state index in [1.165, 1.54) is 4.90 Å². The third-order valence-electron chi connectivity index (χ3n) is 2.84. The molecular weight excluding hydrogens is 208 g/mol. The summed E-state index contributed by atoms with van der Waals surface area (Å²) in [5.41, 5.74) is 0. The minimum Gasteiger partial charge on any atom is -0.480 e. The number of hydrogen-bond acceptors (Lipinski definition) is 3. The van der Waals surface area contributed by atoms with Gasteiger partial charge in [0.1, 0.15) is 6.54 Å². The fourth-order valence-corrected chi connectivity index (χ4v) is 2.14. The Hall–Kier alpha value is -1.10. The summed E-state index contributed by atoms with van der Waals surface area (Å²) in [6, 6.07) is 0.128. The van der Waals surface area contributed by atoms with Crippen molar-refractivity contribution in [3.05, 3.63) is 0 Å². The Bertz CT molecular complexity index is 260. The molecule has 1 amide bonds. The van der Waals surface area contributed by atoms with Crippen molar-refractivity contribution in [3.8, 4) is 0 Å². The predicted octanol–water partition coefficient (Wildman–Crippen LogP) is 0.404. The maximum atomic E-state index is 11.9. The number of nitrogens with zero attached hydrogens (tertiary/aromatic N) is 2. The number of carboxylic acids is 1. The van der Waals surface area contributed by atoms with Crippen molar-refractivity contribution in [2.75, 3.05) is 27.2 Å². The van der Waals surface area contributed by atoms with Crippen LogP contribution < -0.4 is 0 Å². The third-order valence-corrected chi connectivity index (χ3v) is 2.84. The second-order valence-corrected chi connectivity index (χ2v) is 4.59. The number of carbonyl (C=O) groups is 2. The van der Waals surface area contributed by atoms with Gasteiger partial charge in [-0.15, -0.1) is 0 Å². The van der Waals surface area contributed by atoms with Crippen molar-refractivity contribution in [1.82, 2.24) is 9.80 Å². The highest BCUT2D eigenvalue weighted by Crippen LogP contribution is 2.23. The van der Waals surface area contributed by atoms with E-state index < -0.39 is 5.97 Å². The lowest BCUT2D eigenvalue weighted by molar-refractivity contribution is -0.146. The van der Waals surface area contributed by atoms with Crippen LogP contribution >= 0.6 is 0 Å². The van der Waals surface area contributed by atoms with E-state index in [0.29, 0.717) is 0 Å². The van der Waals surface area contributed by atoms with Gasteiger partial charge in [0.25, 0.3) is 0 Å². The van der Waals surface area contributed by atoms with Crippen LogP contribution in [0.1, 0.15) is 25.7 Å². The van der Waals surface area contributed by atoms with Crippen molar-refractivity contribution in [1.29, 1.82) is 0 Å². The molecule has 1 rings (SSSR count). The summed E-state index contributed by atoms with van der Waals surface area (Å²) in [7, 11) is 3.62. The molecule has 0 bridgehead atoms. The van der Waals surface area contributed by atoms with Crippen LogP contribution in [0.5, 0.6) is 0 Å². The Kier molecular flexibility index (Phi) is 4.73. The van der Waals surface area contributed by atoms with E-state index in [4.69, 9.17) is 5.11 Å². The molecule has 0 atom stereocenters. The highest BCUT2D eigenvalue weighted by molar-refractivity contribution is 5.83. The van der Waals surface area contributed by atoms with Crippen molar-refractivity contribution < 1.29 is 14.7 Å². The van der Waals surface area contributed by atoms with Crippen LogP contribution in [-0.4, -0.2) is 60.0 Å². The predicted molar refractivity (Wildman–Crippen MR) is 60.2 cm³/mol. The lowest BCUT2D eigenvalue weighted by atomic mass is 10.2. The molecule has 1 saturated carbocycles. The highest BCUT2D eigenvalue weighted by Gasteiger charge is 2.28. The molecule has 1 aliphatic rings. The van der Waals surface area contributed by atoms with E-state index in [2.05, 4.69) is 0 Å². The molecular formula is C11H20N2O3. The van der Waals surface area contributed by atoms with Crippen LogP contribution in [0.25, 0.3) is 0 Å². The Balaban J connectivity index is 2.61. The number of likely N-dealkylation sites (N-methyl/N-ethyl adjacent to an activating group) is 1. The zero-order valence-corrected chi connectivity index (χ0v) is 9.98. The smallest absolute Gasteiger partial charge is 0.323 e. The van der Waals surface area contributed by atoms with E-state index in [-0.39, 0.29) is 25.0 Å². The van der Waals surface area contributed by atoms with E-state index in [0.717, 1.165) is 25.7 Å². The molecule has 0 radical (unpaired) electrons. The summed E-state index contributed by atoms with van der Waals surface area (Å²) in [5.74, 6) is -1.02. The van der Waals surface area contributed by atoms with Crippen LogP contribution in [0, 0.1) is 0 Å². The normalized spacial score (nSPS) is 16.7. The molecule has 0 aromatic carbocycles. The van der Waals surface area contributed by atoms with E-state index in [1.54, 1.807) is 4.90 Å². The number of carbonyl (C=O) groups excluding carboxylic acids is 1. The molecule has 1 N–H and O–H groups in total. The zero-order valence-electron chi connectivity index (χ0n) is 9.98. The standard InChI is InChI=1S/C11H20N2O3/c1-12(2)7-10(14)13(8-11(15)16)9-5-3-4-6-9/h9H,3-8H2,1-2H3,(H,15,16). The molecule has 0 heterocycles.